The highest BCUT2D eigenvalue weighted by Gasteiger charge is 2.32. The number of nitrogen functional groups attached to an aromatic ring is 1. The number of hydrogen-bond acceptors (Lipinski definition) is 2. The van der Waals surface area contributed by atoms with Crippen LogP contribution in [-0.2, 0) is 0 Å². The number of benzene rings is 1. The van der Waals surface area contributed by atoms with Crippen LogP contribution in [0.4, 0.5) is 5.69 Å². The van der Waals surface area contributed by atoms with Crippen LogP contribution >= 0.6 is 0 Å². The highest BCUT2D eigenvalue weighted by Crippen LogP contribution is 2.34. The number of hydrogen-bond donors (Lipinski definition) is 1. The van der Waals surface area contributed by atoms with Gasteiger partial charge in [-0.1, -0.05) is 12.1 Å². The van der Waals surface area contributed by atoms with E-state index in [-0.39, 0.29) is 5.91 Å². The molecule has 2 aliphatic rings. The van der Waals surface area contributed by atoms with E-state index in [0.29, 0.717) is 11.3 Å². The summed E-state index contributed by atoms with van der Waals surface area (Å²) in [5.41, 5.74) is 7.17. The molecule has 0 radical (unpaired) electrons. The van der Waals surface area contributed by atoms with Crippen molar-refractivity contribution < 1.29 is 4.79 Å². The number of nitrogens with two attached hydrogens (primary N) is 1. The first-order valence-electron chi connectivity index (χ1n) is 6.88. The van der Waals surface area contributed by atoms with E-state index in [1.165, 1.54) is 25.7 Å². The number of para-hydroxylation sites is 1. The van der Waals surface area contributed by atoms with Crippen molar-refractivity contribution in [1.82, 2.24) is 4.90 Å². The zero-order chi connectivity index (χ0) is 12.5. The predicted molar refractivity (Wildman–Crippen MR) is 72.2 cm³/mol. The molecule has 1 aromatic carbocycles. The van der Waals surface area contributed by atoms with Gasteiger partial charge in [0.25, 0.3) is 5.91 Å². The van der Waals surface area contributed by atoms with Gasteiger partial charge in [0.05, 0.1) is 5.56 Å². The lowest BCUT2D eigenvalue weighted by Crippen LogP contribution is -2.35. The minimum absolute atomic E-state index is 0.117. The molecule has 96 valence electrons. The largest absolute Gasteiger partial charge is 0.398 e. The molecular weight excluding hydrogens is 224 g/mol. The average Bonchev–Trinajstić information content (AvgIpc) is 3.23. The number of nitrogens with zero attached hydrogens (tertiary/aromatic N) is 1. The Balaban J connectivity index is 1.75. The molecule has 0 aliphatic heterocycles. The molecule has 18 heavy (non-hydrogen) atoms. The van der Waals surface area contributed by atoms with E-state index in [4.69, 9.17) is 5.73 Å². The Labute approximate surface area is 108 Å². The lowest BCUT2D eigenvalue weighted by atomic mass is 10.1. The minimum Gasteiger partial charge on any atom is -0.398 e. The fourth-order valence-corrected chi connectivity index (χ4v) is 2.33. The van der Waals surface area contributed by atoms with E-state index in [1.807, 2.05) is 23.1 Å². The predicted octanol–water partition coefficient (Wildman–Crippen LogP) is 2.53. The molecule has 0 atom stereocenters. The van der Waals surface area contributed by atoms with Gasteiger partial charge < -0.3 is 10.6 Å². The van der Waals surface area contributed by atoms with Gasteiger partial charge in [0, 0.05) is 18.8 Å². The number of carbonyl (C=O) groups excluding carboxylic acids is 1. The first kappa shape index (κ1) is 11.6. The van der Waals surface area contributed by atoms with Crippen molar-refractivity contribution in [3.8, 4) is 0 Å². The maximum Gasteiger partial charge on any atom is 0.255 e. The van der Waals surface area contributed by atoms with Crippen LogP contribution in [-0.4, -0.2) is 23.9 Å². The second-order valence-electron chi connectivity index (χ2n) is 5.68. The molecule has 0 heterocycles. The minimum atomic E-state index is 0.117. The van der Waals surface area contributed by atoms with Crippen LogP contribution in [0.1, 0.15) is 36.0 Å². The SMILES string of the molecule is Nc1ccccc1C(=O)N(CC1CC1)CC1CC1. The third-order valence-electron chi connectivity index (χ3n) is 3.83. The van der Waals surface area contributed by atoms with Gasteiger partial charge in [0.15, 0.2) is 0 Å². The second-order valence-corrected chi connectivity index (χ2v) is 5.68. The Bertz CT molecular complexity index is 436. The quantitative estimate of drug-likeness (QED) is 0.809. The van der Waals surface area contributed by atoms with E-state index in [1.54, 1.807) is 6.07 Å². The highest BCUT2D eigenvalue weighted by atomic mass is 16.2. The smallest absolute Gasteiger partial charge is 0.255 e. The van der Waals surface area contributed by atoms with Gasteiger partial charge >= 0.3 is 0 Å². The molecule has 1 aromatic rings. The summed E-state index contributed by atoms with van der Waals surface area (Å²) in [6.07, 6.45) is 5.11. The number of rotatable bonds is 5. The molecule has 3 nitrogen and oxygen atoms in total. The van der Waals surface area contributed by atoms with Gasteiger partial charge in [0.1, 0.15) is 0 Å². The van der Waals surface area contributed by atoms with Gasteiger partial charge in [-0.15, -0.1) is 0 Å². The van der Waals surface area contributed by atoms with Crippen LogP contribution in [0.3, 0.4) is 0 Å². The molecule has 0 aromatic heterocycles. The summed E-state index contributed by atoms with van der Waals surface area (Å²) >= 11 is 0. The monoisotopic (exact) mass is 244 g/mol. The van der Waals surface area contributed by atoms with Crippen LogP contribution < -0.4 is 5.73 Å². The molecule has 0 bridgehead atoms. The normalized spacial score (nSPS) is 18.7. The van der Waals surface area contributed by atoms with Crippen molar-refractivity contribution >= 4 is 11.6 Å². The van der Waals surface area contributed by atoms with E-state index < -0.39 is 0 Å². The summed E-state index contributed by atoms with van der Waals surface area (Å²) in [4.78, 5) is 14.6. The van der Waals surface area contributed by atoms with Gasteiger partial charge in [0.2, 0.25) is 0 Å². The molecule has 0 saturated heterocycles. The number of anilines is 1. The van der Waals surface area contributed by atoms with E-state index in [9.17, 15) is 4.79 Å². The number of amides is 1. The fraction of sp³-hybridized carbons (Fsp3) is 0.533. The summed E-state index contributed by atoms with van der Waals surface area (Å²) in [5, 5.41) is 0. The van der Waals surface area contributed by atoms with Crippen LogP contribution in [0.2, 0.25) is 0 Å². The summed E-state index contributed by atoms with van der Waals surface area (Å²) in [7, 11) is 0. The zero-order valence-corrected chi connectivity index (χ0v) is 10.6. The van der Waals surface area contributed by atoms with Crippen LogP contribution in [0.15, 0.2) is 24.3 Å². The Hall–Kier alpha value is -1.51. The van der Waals surface area contributed by atoms with Gasteiger partial charge in [-0.2, -0.15) is 0 Å². The molecule has 2 N–H and O–H groups in total. The van der Waals surface area contributed by atoms with Gasteiger partial charge in [-0.3, -0.25) is 4.79 Å². The molecule has 2 fully saturated rings. The molecular formula is C15H20N2O. The lowest BCUT2D eigenvalue weighted by Gasteiger charge is -2.23. The van der Waals surface area contributed by atoms with E-state index >= 15 is 0 Å². The third-order valence-corrected chi connectivity index (χ3v) is 3.83. The summed E-state index contributed by atoms with van der Waals surface area (Å²) < 4.78 is 0. The third kappa shape index (κ3) is 2.66. The first-order chi connectivity index (χ1) is 8.74. The standard InChI is InChI=1S/C15H20N2O/c16-14-4-2-1-3-13(14)15(18)17(9-11-5-6-11)10-12-7-8-12/h1-4,11-12H,5-10,16H2. The Morgan fingerprint density at radius 3 is 2.17 bits per heavy atom. The fourth-order valence-electron chi connectivity index (χ4n) is 2.33. The van der Waals surface area contributed by atoms with E-state index in [0.717, 1.165) is 24.9 Å². The highest BCUT2D eigenvalue weighted by molar-refractivity contribution is 5.99. The van der Waals surface area contributed by atoms with Crippen molar-refractivity contribution in [2.24, 2.45) is 11.8 Å². The lowest BCUT2D eigenvalue weighted by molar-refractivity contribution is 0.0740. The van der Waals surface area contributed by atoms with E-state index in [2.05, 4.69) is 0 Å². The van der Waals surface area contributed by atoms with Gasteiger partial charge in [-0.25, -0.2) is 0 Å². The van der Waals surface area contributed by atoms with Crippen LogP contribution in [0.5, 0.6) is 0 Å². The molecule has 0 spiro atoms. The topological polar surface area (TPSA) is 46.3 Å². The maximum atomic E-state index is 12.5. The molecule has 2 aliphatic carbocycles. The molecule has 3 heteroatoms. The Morgan fingerprint density at radius 2 is 1.67 bits per heavy atom. The Kier molecular flexibility index (Phi) is 2.98. The molecule has 3 rings (SSSR count). The van der Waals surface area contributed by atoms with Crippen LogP contribution in [0, 0.1) is 11.8 Å². The maximum absolute atomic E-state index is 12.5. The molecule has 1 amide bonds. The van der Waals surface area contributed by atoms with Gasteiger partial charge in [-0.05, 0) is 49.7 Å². The Morgan fingerprint density at radius 1 is 1.11 bits per heavy atom. The summed E-state index contributed by atoms with van der Waals surface area (Å²) in [6.45, 7) is 1.84. The van der Waals surface area contributed by atoms with Crippen molar-refractivity contribution in [2.75, 3.05) is 18.8 Å². The summed E-state index contributed by atoms with van der Waals surface area (Å²) in [6, 6.07) is 7.40. The molecule has 2 saturated carbocycles. The second kappa shape index (κ2) is 4.63. The van der Waals surface area contributed by atoms with Crippen molar-refractivity contribution in [1.29, 1.82) is 0 Å². The zero-order valence-electron chi connectivity index (χ0n) is 10.6. The summed E-state index contributed by atoms with van der Waals surface area (Å²) in [5.74, 6) is 1.59. The van der Waals surface area contributed by atoms with Crippen LogP contribution in [0.25, 0.3) is 0 Å². The van der Waals surface area contributed by atoms with Crippen molar-refractivity contribution in [2.45, 2.75) is 25.7 Å². The average molecular weight is 244 g/mol. The van der Waals surface area contributed by atoms with Crippen molar-refractivity contribution in [3.63, 3.8) is 0 Å². The van der Waals surface area contributed by atoms with Crippen molar-refractivity contribution in [3.05, 3.63) is 29.8 Å². The molecule has 0 unspecified atom stereocenters. The first-order valence-corrected chi connectivity index (χ1v) is 6.88. The number of carbonyl (C=O) groups is 1.